The molecule has 0 spiro atoms. The maximum Gasteiger partial charge on any atom is 0.326 e. The van der Waals surface area contributed by atoms with Crippen molar-refractivity contribution in [3.8, 4) is 0 Å². The van der Waals surface area contributed by atoms with Crippen LogP contribution in [0.3, 0.4) is 0 Å². The van der Waals surface area contributed by atoms with Crippen LogP contribution in [0.5, 0.6) is 0 Å². The minimum atomic E-state index is -0.964. The zero-order valence-corrected chi connectivity index (χ0v) is 13.6. The molecule has 1 aliphatic heterocycles. The molecular formula is C16H26N2O4. The van der Waals surface area contributed by atoms with Crippen LogP contribution in [0.2, 0.25) is 0 Å². The van der Waals surface area contributed by atoms with E-state index >= 15 is 0 Å². The van der Waals surface area contributed by atoms with Gasteiger partial charge in [0.05, 0.1) is 5.92 Å². The van der Waals surface area contributed by atoms with Crippen LogP contribution >= 0.6 is 0 Å². The summed E-state index contributed by atoms with van der Waals surface area (Å²) in [6.45, 7) is 6.66. The molecule has 2 fully saturated rings. The highest BCUT2D eigenvalue weighted by molar-refractivity contribution is 5.87. The molecule has 2 unspecified atom stereocenters. The largest absolute Gasteiger partial charge is 0.480 e. The normalized spacial score (nSPS) is 23.8. The molecule has 0 bridgehead atoms. The topological polar surface area (TPSA) is 86.7 Å². The Labute approximate surface area is 131 Å². The van der Waals surface area contributed by atoms with E-state index in [4.69, 9.17) is 0 Å². The third-order valence-corrected chi connectivity index (χ3v) is 4.38. The Kier molecular flexibility index (Phi) is 4.78. The van der Waals surface area contributed by atoms with Gasteiger partial charge in [-0.15, -0.1) is 0 Å². The number of nitrogens with zero attached hydrogens (tertiary/aromatic N) is 1. The number of hydrogen-bond acceptors (Lipinski definition) is 3. The summed E-state index contributed by atoms with van der Waals surface area (Å²) < 4.78 is 0. The smallest absolute Gasteiger partial charge is 0.326 e. The van der Waals surface area contributed by atoms with Gasteiger partial charge in [0.15, 0.2) is 0 Å². The van der Waals surface area contributed by atoms with Crippen LogP contribution in [0.15, 0.2) is 0 Å². The molecular weight excluding hydrogens is 284 g/mol. The van der Waals surface area contributed by atoms with Crippen molar-refractivity contribution in [1.82, 2.24) is 10.2 Å². The number of carbonyl (C=O) groups is 3. The number of carbonyl (C=O) groups excluding carboxylic acids is 2. The predicted octanol–water partition coefficient (Wildman–Crippen LogP) is 1.25. The van der Waals surface area contributed by atoms with E-state index in [1.807, 2.05) is 20.8 Å². The number of piperidine rings is 1. The first kappa shape index (κ1) is 16.8. The summed E-state index contributed by atoms with van der Waals surface area (Å²) in [5.41, 5.74) is -0.462. The fourth-order valence-electron chi connectivity index (χ4n) is 2.93. The van der Waals surface area contributed by atoms with Crippen molar-refractivity contribution < 1.29 is 19.5 Å². The van der Waals surface area contributed by atoms with Crippen LogP contribution in [0.4, 0.5) is 0 Å². The minimum Gasteiger partial charge on any atom is -0.480 e. The number of likely N-dealkylation sites (tertiary alicyclic amines) is 1. The number of amides is 2. The van der Waals surface area contributed by atoms with Gasteiger partial charge in [-0.3, -0.25) is 9.59 Å². The van der Waals surface area contributed by atoms with Gasteiger partial charge in [-0.05, 0) is 31.6 Å². The summed E-state index contributed by atoms with van der Waals surface area (Å²) in [4.78, 5) is 37.6. The fraction of sp³-hybridized carbons (Fsp3) is 0.812. The molecule has 0 radical (unpaired) electrons. The van der Waals surface area contributed by atoms with Crippen LogP contribution in [0.25, 0.3) is 0 Å². The van der Waals surface area contributed by atoms with Gasteiger partial charge in [0, 0.05) is 18.5 Å². The van der Waals surface area contributed by atoms with Crippen LogP contribution in [0, 0.1) is 17.3 Å². The van der Waals surface area contributed by atoms with Crippen LogP contribution in [-0.4, -0.2) is 46.9 Å². The lowest BCUT2D eigenvalue weighted by molar-refractivity contribution is -0.146. The van der Waals surface area contributed by atoms with E-state index in [0.29, 0.717) is 19.5 Å². The van der Waals surface area contributed by atoms with Crippen molar-refractivity contribution in [1.29, 1.82) is 0 Å². The van der Waals surface area contributed by atoms with E-state index in [1.165, 1.54) is 0 Å². The molecule has 124 valence electrons. The first-order chi connectivity index (χ1) is 10.2. The molecule has 2 aliphatic rings. The van der Waals surface area contributed by atoms with Crippen molar-refractivity contribution in [2.75, 3.05) is 13.1 Å². The summed E-state index contributed by atoms with van der Waals surface area (Å²) in [6.07, 6.45) is 3.20. The summed E-state index contributed by atoms with van der Waals surface area (Å²) in [7, 11) is 0. The molecule has 2 amide bonds. The standard InChI is InChI=1S/C16H26N2O4/c1-16(2,3)15(22)18-8-4-5-11(9-18)13(19)17-12(14(20)21)10-6-7-10/h10-12H,4-9H2,1-3H3,(H,17,19)(H,20,21). The molecule has 0 aromatic rings. The average molecular weight is 310 g/mol. The third kappa shape index (κ3) is 3.99. The molecule has 1 saturated carbocycles. The van der Waals surface area contributed by atoms with Crippen LogP contribution in [-0.2, 0) is 14.4 Å². The van der Waals surface area contributed by atoms with E-state index < -0.39 is 17.4 Å². The van der Waals surface area contributed by atoms with E-state index in [2.05, 4.69) is 5.32 Å². The molecule has 1 saturated heterocycles. The lowest BCUT2D eigenvalue weighted by Gasteiger charge is -2.36. The van der Waals surface area contributed by atoms with E-state index in [1.54, 1.807) is 4.90 Å². The van der Waals surface area contributed by atoms with Gasteiger partial charge in [-0.1, -0.05) is 20.8 Å². The van der Waals surface area contributed by atoms with Crippen molar-refractivity contribution in [2.24, 2.45) is 17.3 Å². The Bertz CT molecular complexity index is 465. The molecule has 6 nitrogen and oxygen atoms in total. The van der Waals surface area contributed by atoms with Gasteiger partial charge in [0.25, 0.3) is 0 Å². The number of carboxylic acids is 1. The lowest BCUT2D eigenvalue weighted by Crippen LogP contribution is -2.51. The molecule has 2 N–H and O–H groups in total. The molecule has 2 atom stereocenters. The summed E-state index contributed by atoms with van der Waals surface area (Å²) in [6, 6.07) is -0.777. The second-order valence-corrected chi connectivity index (χ2v) is 7.50. The Morgan fingerprint density at radius 1 is 1.18 bits per heavy atom. The molecule has 22 heavy (non-hydrogen) atoms. The van der Waals surface area contributed by atoms with Crippen LogP contribution < -0.4 is 5.32 Å². The maximum atomic E-state index is 12.4. The first-order valence-electron chi connectivity index (χ1n) is 8.02. The van der Waals surface area contributed by atoms with Gasteiger partial charge in [0.2, 0.25) is 11.8 Å². The zero-order valence-electron chi connectivity index (χ0n) is 13.6. The Morgan fingerprint density at radius 3 is 2.32 bits per heavy atom. The second-order valence-electron chi connectivity index (χ2n) is 7.50. The van der Waals surface area contributed by atoms with Gasteiger partial charge in [0.1, 0.15) is 6.04 Å². The van der Waals surface area contributed by atoms with Crippen molar-refractivity contribution in [2.45, 2.75) is 52.5 Å². The maximum absolute atomic E-state index is 12.4. The molecule has 6 heteroatoms. The monoisotopic (exact) mass is 310 g/mol. The average Bonchev–Trinajstić information content (AvgIpc) is 3.27. The highest BCUT2D eigenvalue weighted by Crippen LogP contribution is 2.33. The number of hydrogen-bond donors (Lipinski definition) is 2. The van der Waals surface area contributed by atoms with Crippen LogP contribution in [0.1, 0.15) is 46.5 Å². The summed E-state index contributed by atoms with van der Waals surface area (Å²) in [5.74, 6) is -1.39. The summed E-state index contributed by atoms with van der Waals surface area (Å²) in [5, 5.41) is 11.9. The first-order valence-corrected chi connectivity index (χ1v) is 8.02. The molecule has 1 aliphatic carbocycles. The number of carboxylic acid groups (broad SMARTS) is 1. The van der Waals surface area contributed by atoms with Gasteiger partial charge in [-0.2, -0.15) is 0 Å². The summed E-state index contributed by atoms with van der Waals surface area (Å²) >= 11 is 0. The quantitative estimate of drug-likeness (QED) is 0.818. The Hall–Kier alpha value is -1.59. The Balaban J connectivity index is 1.95. The fourth-order valence-corrected chi connectivity index (χ4v) is 2.93. The van der Waals surface area contributed by atoms with Gasteiger partial charge in [-0.25, -0.2) is 4.79 Å². The van der Waals surface area contributed by atoms with Gasteiger partial charge < -0.3 is 15.3 Å². The van der Waals surface area contributed by atoms with E-state index in [9.17, 15) is 19.5 Å². The van der Waals surface area contributed by atoms with E-state index in [0.717, 1.165) is 19.3 Å². The number of nitrogens with one attached hydrogen (secondary N) is 1. The predicted molar refractivity (Wildman–Crippen MR) is 81.0 cm³/mol. The zero-order chi connectivity index (χ0) is 16.5. The van der Waals surface area contributed by atoms with Crippen molar-refractivity contribution >= 4 is 17.8 Å². The molecule has 1 heterocycles. The highest BCUT2D eigenvalue weighted by atomic mass is 16.4. The number of aliphatic carboxylic acids is 1. The SMILES string of the molecule is CC(C)(C)C(=O)N1CCCC(C(=O)NC(C(=O)O)C2CC2)C1. The highest BCUT2D eigenvalue weighted by Gasteiger charge is 2.39. The molecule has 0 aromatic heterocycles. The second kappa shape index (κ2) is 6.26. The van der Waals surface area contributed by atoms with Crippen molar-refractivity contribution in [3.05, 3.63) is 0 Å². The Morgan fingerprint density at radius 2 is 1.82 bits per heavy atom. The van der Waals surface area contributed by atoms with Crippen molar-refractivity contribution in [3.63, 3.8) is 0 Å². The molecule has 0 aromatic carbocycles. The number of rotatable bonds is 4. The molecule has 2 rings (SSSR count). The van der Waals surface area contributed by atoms with E-state index in [-0.39, 0.29) is 23.7 Å². The van der Waals surface area contributed by atoms with Gasteiger partial charge >= 0.3 is 5.97 Å². The minimum absolute atomic E-state index is 0.0435. The lowest BCUT2D eigenvalue weighted by atomic mass is 9.90. The third-order valence-electron chi connectivity index (χ3n) is 4.38.